The maximum Gasteiger partial charge on any atom is 0.135 e. The van der Waals surface area contributed by atoms with Gasteiger partial charge in [-0.15, -0.1) is 0 Å². The maximum absolute atomic E-state index is 11.7. The highest BCUT2D eigenvalue weighted by atomic mass is 16.1. The van der Waals surface area contributed by atoms with E-state index >= 15 is 0 Å². The lowest BCUT2D eigenvalue weighted by molar-refractivity contribution is -0.131. The molecule has 1 saturated carbocycles. The summed E-state index contributed by atoms with van der Waals surface area (Å²) in [7, 11) is 0. The predicted molar refractivity (Wildman–Crippen MR) is 74.0 cm³/mol. The Bertz CT molecular complexity index is 299. The number of ketones is 1. The van der Waals surface area contributed by atoms with Crippen molar-refractivity contribution in [2.45, 2.75) is 66.7 Å². The van der Waals surface area contributed by atoms with Crippen LogP contribution in [0.2, 0.25) is 0 Å². The molecule has 0 spiro atoms. The Balaban J connectivity index is 2.47. The molecule has 0 heterocycles. The average Bonchev–Trinajstić information content (AvgIpc) is 2.22. The molecule has 0 aromatic heterocycles. The number of Topliss-reactive ketones (excluding diaryl/α,β-unsaturated/α-hetero) is 1. The molecule has 1 heteroatoms. The van der Waals surface area contributed by atoms with E-state index in [9.17, 15) is 4.79 Å². The SMILES string of the molecule is CC(=O)[C@]1(C)CCC(CCC=C(C)C)C[C@H]1C. The molecule has 1 aliphatic carbocycles. The fourth-order valence-corrected chi connectivity index (χ4v) is 3.02. The summed E-state index contributed by atoms with van der Waals surface area (Å²) in [6, 6.07) is 0. The van der Waals surface area contributed by atoms with Gasteiger partial charge in [-0.2, -0.15) is 0 Å². The van der Waals surface area contributed by atoms with Crippen molar-refractivity contribution in [3.63, 3.8) is 0 Å². The minimum absolute atomic E-state index is 0.0486. The lowest BCUT2D eigenvalue weighted by atomic mass is 9.62. The van der Waals surface area contributed by atoms with Crippen molar-refractivity contribution in [1.29, 1.82) is 0 Å². The van der Waals surface area contributed by atoms with Crippen LogP contribution in [0.5, 0.6) is 0 Å². The first-order chi connectivity index (χ1) is 7.86. The molecule has 0 aliphatic heterocycles. The first-order valence-electron chi connectivity index (χ1n) is 7.00. The first kappa shape index (κ1) is 14.5. The Morgan fingerprint density at radius 1 is 1.35 bits per heavy atom. The summed E-state index contributed by atoms with van der Waals surface area (Å²) in [6.07, 6.45) is 8.39. The molecular formula is C16H28O. The molecule has 0 aromatic rings. The lowest BCUT2D eigenvalue weighted by Gasteiger charge is -2.41. The van der Waals surface area contributed by atoms with Gasteiger partial charge in [0.15, 0.2) is 0 Å². The van der Waals surface area contributed by atoms with Crippen molar-refractivity contribution in [2.24, 2.45) is 17.3 Å². The highest BCUT2D eigenvalue weighted by Crippen LogP contribution is 2.45. The summed E-state index contributed by atoms with van der Waals surface area (Å²) in [5.41, 5.74) is 1.37. The van der Waals surface area contributed by atoms with Gasteiger partial charge in [-0.1, -0.05) is 25.5 Å². The van der Waals surface area contributed by atoms with Gasteiger partial charge in [-0.25, -0.2) is 0 Å². The summed E-state index contributed by atoms with van der Waals surface area (Å²) >= 11 is 0. The zero-order valence-electron chi connectivity index (χ0n) is 12.2. The van der Waals surface area contributed by atoms with E-state index in [1.165, 1.54) is 31.3 Å². The zero-order chi connectivity index (χ0) is 13.1. The van der Waals surface area contributed by atoms with E-state index in [4.69, 9.17) is 0 Å². The Morgan fingerprint density at radius 2 is 2.00 bits per heavy atom. The summed E-state index contributed by atoms with van der Waals surface area (Å²) in [5.74, 6) is 1.76. The van der Waals surface area contributed by atoms with E-state index < -0.39 is 0 Å². The number of allylic oxidation sites excluding steroid dienone is 2. The molecule has 0 aromatic carbocycles. The van der Waals surface area contributed by atoms with Crippen LogP contribution in [-0.2, 0) is 4.79 Å². The van der Waals surface area contributed by atoms with E-state index in [1.54, 1.807) is 6.92 Å². The number of hydrogen-bond donors (Lipinski definition) is 0. The molecule has 0 N–H and O–H groups in total. The molecular weight excluding hydrogens is 208 g/mol. The van der Waals surface area contributed by atoms with Crippen molar-refractivity contribution >= 4 is 5.78 Å². The normalized spacial score (nSPS) is 33.2. The van der Waals surface area contributed by atoms with E-state index in [1.807, 2.05) is 0 Å². The molecule has 0 saturated heterocycles. The fourth-order valence-electron chi connectivity index (χ4n) is 3.02. The Hall–Kier alpha value is -0.590. The largest absolute Gasteiger partial charge is 0.299 e. The van der Waals surface area contributed by atoms with Crippen LogP contribution < -0.4 is 0 Å². The molecule has 0 bridgehead atoms. The maximum atomic E-state index is 11.7. The Morgan fingerprint density at radius 3 is 2.47 bits per heavy atom. The molecule has 3 atom stereocenters. The fraction of sp³-hybridized carbons (Fsp3) is 0.812. The second-order valence-electron chi connectivity index (χ2n) is 6.37. The minimum atomic E-state index is -0.0486. The summed E-state index contributed by atoms with van der Waals surface area (Å²) in [4.78, 5) is 11.7. The van der Waals surface area contributed by atoms with Crippen LogP contribution in [-0.4, -0.2) is 5.78 Å². The molecule has 1 fully saturated rings. The number of carbonyl (C=O) groups is 1. The van der Waals surface area contributed by atoms with E-state index in [0.717, 1.165) is 12.3 Å². The van der Waals surface area contributed by atoms with E-state index in [-0.39, 0.29) is 5.41 Å². The molecule has 17 heavy (non-hydrogen) atoms. The lowest BCUT2D eigenvalue weighted by Crippen LogP contribution is -2.38. The van der Waals surface area contributed by atoms with Crippen LogP contribution in [0, 0.1) is 17.3 Å². The summed E-state index contributed by atoms with van der Waals surface area (Å²) in [5, 5.41) is 0. The van der Waals surface area contributed by atoms with Crippen LogP contribution in [0.3, 0.4) is 0 Å². The van der Waals surface area contributed by atoms with Crippen LogP contribution in [0.4, 0.5) is 0 Å². The van der Waals surface area contributed by atoms with E-state index in [0.29, 0.717) is 11.7 Å². The Labute approximate surface area is 107 Å². The van der Waals surface area contributed by atoms with Crippen LogP contribution in [0.1, 0.15) is 66.7 Å². The van der Waals surface area contributed by atoms with Gasteiger partial charge in [0.05, 0.1) is 0 Å². The molecule has 0 radical (unpaired) electrons. The van der Waals surface area contributed by atoms with Gasteiger partial charge in [0, 0.05) is 5.41 Å². The van der Waals surface area contributed by atoms with Crippen LogP contribution >= 0.6 is 0 Å². The van der Waals surface area contributed by atoms with Crippen molar-refractivity contribution in [1.82, 2.24) is 0 Å². The van der Waals surface area contributed by atoms with Gasteiger partial charge in [0.25, 0.3) is 0 Å². The van der Waals surface area contributed by atoms with Gasteiger partial charge >= 0.3 is 0 Å². The monoisotopic (exact) mass is 236 g/mol. The second-order valence-corrected chi connectivity index (χ2v) is 6.37. The minimum Gasteiger partial charge on any atom is -0.299 e. The van der Waals surface area contributed by atoms with Crippen LogP contribution in [0.25, 0.3) is 0 Å². The third kappa shape index (κ3) is 3.69. The molecule has 1 rings (SSSR count). The second kappa shape index (κ2) is 5.84. The quantitative estimate of drug-likeness (QED) is 0.643. The zero-order valence-corrected chi connectivity index (χ0v) is 12.2. The van der Waals surface area contributed by atoms with Gasteiger partial charge in [0.1, 0.15) is 5.78 Å². The third-order valence-corrected chi connectivity index (χ3v) is 4.78. The molecule has 1 aliphatic rings. The summed E-state index contributed by atoms with van der Waals surface area (Å²) < 4.78 is 0. The number of rotatable bonds is 4. The molecule has 98 valence electrons. The van der Waals surface area contributed by atoms with Crippen molar-refractivity contribution in [3.05, 3.63) is 11.6 Å². The van der Waals surface area contributed by atoms with Gasteiger partial charge < -0.3 is 0 Å². The van der Waals surface area contributed by atoms with E-state index in [2.05, 4.69) is 33.8 Å². The third-order valence-electron chi connectivity index (χ3n) is 4.78. The topological polar surface area (TPSA) is 17.1 Å². The highest BCUT2D eigenvalue weighted by Gasteiger charge is 2.40. The average molecular weight is 236 g/mol. The van der Waals surface area contributed by atoms with Crippen molar-refractivity contribution in [3.8, 4) is 0 Å². The number of carbonyl (C=O) groups excluding carboxylic acids is 1. The van der Waals surface area contributed by atoms with Gasteiger partial charge in [0.2, 0.25) is 0 Å². The number of hydrogen-bond acceptors (Lipinski definition) is 1. The van der Waals surface area contributed by atoms with Gasteiger partial charge in [-0.3, -0.25) is 4.79 Å². The van der Waals surface area contributed by atoms with Crippen molar-refractivity contribution in [2.75, 3.05) is 0 Å². The molecule has 0 amide bonds. The predicted octanol–water partition coefficient (Wildman–Crippen LogP) is 4.76. The highest BCUT2D eigenvalue weighted by molar-refractivity contribution is 5.82. The smallest absolute Gasteiger partial charge is 0.135 e. The summed E-state index contributed by atoms with van der Waals surface area (Å²) in [6.45, 7) is 10.5. The Kier molecular flexibility index (Phi) is 4.97. The van der Waals surface area contributed by atoms with Crippen molar-refractivity contribution < 1.29 is 4.79 Å². The standard InChI is InChI=1S/C16H28O/c1-12(2)7-6-8-15-9-10-16(5,14(4)17)13(3)11-15/h7,13,15H,6,8-11H2,1-5H3/t13-,15?,16-/m1/s1. The van der Waals surface area contributed by atoms with Crippen LogP contribution in [0.15, 0.2) is 11.6 Å². The molecule has 1 nitrogen and oxygen atoms in total. The van der Waals surface area contributed by atoms with Gasteiger partial charge in [-0.05, 0) is 64.7 Å². The first-order valence-corrected chi connectivity index (χ1v) is 7.00. The molecule has 1 unspecified atom stereocenters.